The Hall–Kier alpha value is -0.200. The van der Waals surface area contributed by atoms with E-state index in [0.717, 1.165) is 58.2 Å². The van der Waals surface area contributed by atoms with E-state index in [1.807, 2.05) is 0 Å². The zero-order chi connectivity index (χ0) is 15.0. The minimum Gasteiger partial charge on any atom is -0.383 e. The fraction of sp³-hybridized carbons (Fsp3) is 1.00. The van der Waals surface area contributed by atoms with Gasteiger partial charge in [0.05, 0.1) is 19.8 Å². The lowest BCUT2D eigenvalue weighted by Gasteiger charge is -2.35. The largest absolute Gasteiger partial charge is 0.383 e. The zero-order valence-corrected chi connectivity index (χ0v) is 13.7. The number of hydrogen-bond donors (Lipinski definition) is 2. The maximum absolute atomic E-state index is 5.78. The summed E-state index contributed by atoms with van der Waals surface area (Å²) in [4.78, 5) is 0. The standard InChI is InChI=1S/C16H32N2O3/c1-14(13-17-9-10-19-2)18-8-5-15-3-6-16(7-4-15)20-11-12-21-16/h14-15,17-18H,3-13H2,1-2H3. The first-order valence-corrected chi connectivity index (χ1v) is 8.45. The van der Waals surface area contributed by atoms with Gasteiger partial charge in [0.25, 0.3) is 0 Å². The van der Waals surface area contributed by atoms with Gasteiger partial charge in [0.2, 0.25) is 0 Å². The van der Waals surface area contributed by atoms with E-state index < -0.39 is 0 Å². The van der Waals surface area contributed by atoms with Gasteiger partial charge in [0, 0.05) is 39.1 Å². The first-order valence-electron chi connectivity index (χ1n) is 8.45. The van der Waals surface area contributed by atoms with Crippen LogP contribution in [0.3, 0.4) is 0 Å². The van der Waals surface area contributed by atoms with Crippen molar-refractivity contribution in [1.82, 2.24) is 10.6 Å². The van der Waals surface area contributed by atoms with Crippen LogP contribution in [-0.4, -0.2) is 58.4 Å². The smallest absolute Gasteiger partial charge is 0.168 e. The molecule has 1 heterocycles. The molecule has 0 amide bonds. The Kier molecular flexibility index (Phi) is 7.40. The summed E-state index contributed by atoms with van der Waals surface area (Å²) in [5.41, 5.74) is 0. The number of nitrogens with one attached hydrogen (secondary N) is 2. The first kappa shape index (κ1) is 17.2. The fourth-order valence-corrected chi connectivity index (χ4v) is 3.29. The average molecular weight is 300 g/mol. The van der Waals surface area contributed by atoms with E-state index in [1.54, 1.807) is 7.11 Å². The first-order chi connectivity index (χ1) is 10.2. The van der Waals surface area contributed by atoms with Crippen LogP contribution < -0.4 is 10.6 Å². The highest BCUT2D eigenvalue weighted by Gasteiger charge is 2.39. The number of hydrogen-bond acceptors (Lipinski definition) is 5. The van der Waals surface area contributed by atoms with Crippen molar-refractivity contribution in [1.29, 1.82) is 0 Å². The van der Waals surface area contributed by atoms with Gasteiger partial charge in [-0.15, -0.1) is 0 Å². The molecule has 1 unspecified atom stereocenters. The Morgan fingerprint density at radius 1 is 1.19 bits per heavy atom. The van der Waals surface area contributed by atoms with Crippen molar-refractivity contribution < 1.29 is 14.2 Å². The lowest BCUT2D eigenvalue weighted by Crippen LogP contribution is -2.39. The van der Waals surface area contributed by atoms with Crippen LogP contribution in [0.25, 0.3) is 0 Å². The third-order valence-electron chi connectivity index (χ3n) is 4.66. The van der Waals surface area contributed by atoms with E-state index in [4.69, 9.17) is 14.2 Å². The van der Waals surface area contributed by atoms with E-state index in [-0.39, 0.29) is 5.79 Å². The molecule has 5 nitrogen and oxygen atoms in total. The molecule has 21 heavy (non-hydrogen) atoms. The second kappa shape index (κ2) is 9.06. The predicted molar refractivity (Wildman–Crippen MR) is 83.4 cm³/mol. The Balaban J connectivity index is 1.49. The average Bonchev–Trinajstić information content (AvgIpc) is 2.94. The van der Waals surface area contributed by atoms with Crippen molar-refractivity contribution in [2.45, 2.75) is 50.9 Å². The highest BCUT2D eigenvalue weighted by molar-refractivity contribution is 4.82. The molecule has 1 atom stereocenters. The van der Waals surface area contributed by atoms with Crippen molar-refractivity contribution in [2.75, 3.05) is 46.6 Å². The third kappa shape index (κ3) is 5.83. The topological polar surface area (TPSA) is 51.8 Å². The third-order valence-corrected chi connectivity index (χ3v) is 4.66. The van der Waals surface area contributed by atoms with Crippen LogP contribution >= 0.6 is 0 Å². The molecule has 5 heteroatoms. The maximum Gasteiger partial charge on any atom is 0.168 e. The molecule has 2 N–H and O–H groups in total. The lowest BCUT2D eigenvalue weighted by atomic mass is 9.83. The van der Waals surface area contributed by atoms with Crippen molar-refractivity contribution in [2.24, 2.45) is 5.92 Å². The Bertz CT molecular complexity index is 273. The number of ether oxygens (including phenoxy) is 3. The maximum atomic E-state index is 5.78. The molecule has 2 rings (SSSR count). The second-order valence-electron chi connectivity index (χ2n) is 6.39. The Morgan fingerprint density at radius 3 is 2.57 bits per heavy atom. The molecule has 1 aliphatic heterocycles. The molecule has 0 aromatic carbocycles. The van der Waals surface area contributed by atoms with Crippen LogP contribution in [0, 0.1) is 5.92 Å². The van der Waals surface area contributed by atoms with Gasteiger partial charge in [-0.25, -0.2) is 0 Å². The molecule has 124 valence electrons. The molecule has 2 fully saturated rings. The molecule has 0 bridgehead atoms. The van der Waals surface area contributed by atoms with Gasteiger partial charge in [-0.2, -0.15) is 0 Å². The van der Waals surface area contributed by atoms with E-state index in [2.05, 4.69) is 17.6 Å². The van der Waals surface area contributed by atoms with Gasteiger partial charge in [-0.1, -0.05) is 0 Å². The van der Waals surface area contributed by atoms with E-state index in [1.165, 1.54) is 19.3 Å². The van der Waals surface area contributed by atoms with E-state index in [0.29, 0.717) is 6.04 Å². The van der Waals surface area contributed by atoms with Gasteiger partial charge in [-0.3, -0.25) is 0 Å². The summed E-state index contributed by atoms with van der Waals surface area (Å²) in [6.45, 7) is 7.59. The Labute approximate surface area is 129 Å². The summed E-state index contributed by atoms with van der Waals surface area (Å²) >= 11 is 0. The summed E-state index contributed by atoms with van der Waals surface area (Å²) in [6.07, 6.45) is 5.89. The molecule has 1 spiro atoms. The van der Waals surface area contributed by atoms with Crippen LogP contribution in [0.1, 0.15) is 39.0 Å². The minimum absolute atomic E-state index is 0.206. The van der Waals surface area contributed by atoms with Gasteiger partial charge in [0.1, 0.15) is 0 Å². The monoisotopic (exact) mass is 300 g/mol. The van der Waals surface area contributed by atoms with Crippen LogP contribution in [0.2, 0.25) is 0 Å². The summed E-state index contributed by atoms with van der Waals surface area (Å²) in [5.74, 6) is 0.618. The SMILES string of the molecule is COCCNCC(C)NCCC1CCC2(CC1)OCCO2. The van der Waals surface area contributed by atoms with Crippen molar-refractivity contribution >= 4 is 0 Å². The molecular formula is C16H32N2O3. The lowest BCUT2D eigenvalue weighted by molar-refractivity contribution is -0.182. The molecule has 0 aromatic heterocycles. The summed E-state index contributed by atoms with van der Waals surface area (Å²) in [5, 5.41) is 6.99. The molecule has 1 aliphatic carbocycles. The minimum atomic E-state index is -0.206. The van der Waals surface area contributed by atoms with Crippen LogP contribution in [0.5, 0.6) is 0 Å². The van der Waals surface area contributed by atoms with Gasteiger partial charge in [-0.05, 0) is 38.6 Å². The highest BCUT2D eigenvalue weighted by Crippen LogP contribution is 2.39. The van der Waals surface area contributed by atoms with Crippen LogP contribution in [0.15, 0.2) is 0 Å². The normalized spacial score (nSPS) is 23.7. The summed E-state index contributed by atoms with van der Waals surface area (Å²) in [6, 6.07) is 0.512. The zero-order valence-electron chi connectivity index (χ0n) is 13.7. The van der Waals surface area contributed by atoms with Gasteiger partial charge < -0.3 is 24.8 Å². The van der Waals surface area contributed by atoms with Crippen molar-refractivity contribution in [3.8, 4) is 0 Å². The van der Waals surface area contributed by atoms with E-state index in [9.17, 15) is 0 Å². The highest BCUT2D eigenvalue weighted by atomic mass is 16.7. The van der Waals surface area contributed by atoms with E-state index >= 15 is 0 Å². The second-order valence-corrected chi connectivity index (χ2v) is 6.39. The number of methoxy groups -OCH3 is 1. The molecular weight excluding hydrogens is 268 g/mol. The van der Waals surface area contributed by atoms with Gasteiger partial charge >= 0.3 is 0 Å². The quantitative estimate of drug-likeness (QED) is 0.632. The molecule has 0 radical (unpaired) electrons. The van der Waals surface area contributed by atoms with Crippen LogP contribution in [-0.2, 0) is 14.2 Å². The van der Waals surface area contributed by atoms with Crippen molar-refractivity contribution in [3.05, 3.63) is 0 Å². The summed E-state index contributed by atoms with van der Waals surface area (Å²) < 4.78 is 16.6. The van der Waals surface area contributed by atoms with Crippen molar-refractivity contribution in [3.63, 3.8) is 0 Å². The Morgan fingerprint density at radius 2 is 1.90 bits per heavy atom. The summed E-state index contributed by atoms with van der Waals surface area (Å²) in [7, 11) is 1.74. The predicted octanol–water partition coefficient (Wildman–Crippen LogP) is 1.52. The fourth-order valence-electron chi connectivity index (χ4n) is 3.29. The number of rotatable bonds is 9. The van der Waals surface area contributed by atoms with Crippen LogP contribution in [0.4, 0.5) is 0 Å². The molecule has 1 saturated heterocycles. The molecule has 1 saturated carbocycles. The molecule has 0 aromatic rings. The van der Waals surface area contributed by atoms with Gasteiger partial charge in [0.15, 0.2) is 5.79 Å². The molecule has 2 aliphatic rings.